The monoisotopic (exact) mass is 193 g/mol. The van der Waals surface area contributed by atoms with Gasteiger partial charge in [0.15, 0.2) is 0 Å². The van der Waals surface area contributed by atoms with Crippen molar-refractivity contribution in [3.63, 3.8) is 0 Å². The quantitative estimate of drug-likeness (QED) is 0.352. The average molecular weight is 193 g/mol. The standard InChI is InChI=1S/C9H15N5/c1-12-7-4-2-3-5-8(7)14-9(10)6-13-11/h2-6,12-14H,10-11H2,1H3/b9-6+. The smallest absolute Gasteiger partial charge is 0.118 e. The normalized spacial score (nSPS) is 10.9. The number of hydrogen-bond donors (Lipinski definition) is 5. The summed E-state index contributed by atoms with van der Waals surface area (Å²) in [6.07, 6.45) is 1.48. The lowest BCUT2D eigenvalue weighted by atomic mass is 10.2. The average Bonchev–Trinajstić information content (AvgIpc) is 2.19. The van der Waals surface area contributed by atoms with Crippen molar-refractivity contribution in [2.75, 3.05) is 17.7 Å². The third-order valence-electron chi connectivity index (χ3n) is 1.71. The van der Waals surface area contributed by atoms with Crippen molar-refractivity contribution >= 4 is 11.4 Å². The highest BCUT2D eigenvalue weighted by atomic mass is 15.2. The topological polar surface area (TPSA) is 88.1 Å². The van der Waals surface area contributed by atoms with E-state index in [-0.39, 0.29) is 0 Å². The van der Waals surface area contributed by atoms with E-state index in [1.54, 1.807) is 0 Å². The summed E-state index contributed by atoms with van der Waals surface area (Å²) in [6, 6.07) is 7.74. The molecule has 0 saturated carbocycles. The number of hydrazine groups is 1. The second-order valence-corrected chi connectivity index (χ2v) is 2.69. The lowest BCUT2D eigenvalue weighted by molar-refractivity contribution is 0.948. The first kappa shape index (κ1) is 10.2. The van der Waals surface area contributed by atoms with Crippen LogP contribution in [0.2, 0.25) is 0 Å². The summed E-state index contributed by atoms with van der Waals surface area (Å²) >= 11 is 0. The molecule has 0 aromatic heterocycles. The molecule has 0 fully saturated rings. The van der Waals surface area contributed by atoms with Crippen molar-refractivity contribution in [2.45, 2.75) is 0 Å². The fourth-order valence-electron chi connectivity index (χ4n) is 1.09. The molecule has 0 radical (unpaired) electrons. The van der Waals surface area contributed by atoms with Crippen molar-refractivity contribution in [1.29, 1.82) is 0 Å². The number of nitrogens with two attached hydrogens (primary N) is 2. The Morgan fingerprint density at radius 3 is 2.50 bits per heavy atom. The molecule has 1 aromatic carbocycles. The molecule has 0 atom stereocenters. The summed E-state index contributed by atoms with van der Waals surface area (Å²) in [5.41, 5.74) is 9.85. The number of nitrogens with one attached hydrogen (secondary N) is 3. The van der Waals surface area contributed by atoms with E-state index in [4.69, 9.17) is 11.6 Å². The summed E-state index contributed by atoms with van der Waals surface area (Å²) in [7, 11) is 1.85. The summed E-state index contributed by atoms with van der Waals surface area (Å²) < 4.78 is 0. The van der Waals surface area contributed by atoms with Crippen LogP contribution in [0.15, 0.2) is 36.3 Å². The molecule has 76 valence electrons. The van der Waals surface area contributed by atoms with Gasteiger partial charge < -0.3 is 21.8 Å². The molecule has 1 rings (SSSR count). The Morgan fingerprint density at radius 1 is 1.29 bits per heavy atom. The van der Waals surface area contributed by atoms with Crippen LogP contribution in [-0.4, -0.2) is 7.05 Å². The van der Waals surface area contributed by atoms with Crippen molar-refractivity contribution in [3.8, 4) is 0 Å². The molecule has 5 nitrogen and oxygen atoms in total. The van der Waals surface area contributed by atoms with Gasteiger partial charge in [-0.1, -0.05) is 12.1 Å². The highest BCUT2D eigenvalue weighted by molar-refractivity contribution is 5.69. The van der Waals surface area contributed by atoms with Crippen molar-refractivity contribution in [2.24, 2.45) is 11.6 Å². The van der Waals surface area contributed by atoms with E-state index >= 15 is 0 Å². The number of hydrogen-bond acceptors (Lipinski definition) is 5. The number of rotatable bonds is 4. The lowest BCUT2D eigenvalue weighted by Gasteiger charge is -2.11. The maximum atomic E-state index is 5.62. The third kappa shape index (κ3) is 2.56. The molecular formula is C9H15N5. The second kappa shape index (κ2) is 4.98. The van der Waals surface area contributed by atoms with Gasteiger partial charge in [0.2, 0.25) is 0 Å². The summed E-state index contributed by atoms with van der Waals surface area (Å²) in [5, 5.41) is 6.04. The second-order valence-electron chi connectivity index (χ2n) is 2.69. The first-order valence-electron chi connectivity index (χ1n) is 4.23. The molecule has 7 N–H and O–H groups in total. The number of benzene rings is 1. The Morgan fingerprint density at radius 2 is 1.93 bits per heavy atom. The van der Waals surface area contributed by atoms with E-state index in [1.165, 1.54) is 6.20 Å². The van der Waals surface area contributed by atoms with E-state index in [0.717, 1.165) is 11.4 Å². The zero-order valence-electron chi connectivity index (χ0n) is 8.04. The molecular weight excluding hydrogens is 178 g/mol. The van der Waals surface area contributed by atoms with E-state index in [1.807, 2.05) is 31.3 Å². The Bertz CT molecular complexity index is 321. The van der Waals surface area contributed by atoms with Crippen LogP contribution in [0.25, 0.3) is 0 Å². The van der Waals surface area contributed by atoms with Gasteiger partial charge in [-0.25, -0.2) is 0 Å². The molecule has 0 aliphatic rings. The van der Waals surface area contributed by atoms with Crippen LogP contribution in [0, 0.1) is 0 Å². The molecule has 0 heterocycles. The maximum absolute atomic E-state index is 5.62. The van der Waals surface area contributed by atoms with Gasteiger partial charge in [-0.3, -0.25) is 5.84 Å². The van der Waals surface area contributed by atoms with Crippen LogP contribution in [0.4, 0.5) is 11.4 Å². The fraction of sp³-hybridized carbons (Fsp3) is 0.111. The highest BCUT2D eigenvalue weighted by Crippen LogP contribution is 2.20. The van der Waals surface area contributed by atoms with Gasteiger partial charge in [0.05, 0.1) is 17.6 Å². The van der Waals surface area contributed by atoms with Crippen LogP contribution in [0.3, 0.4) is 0 Å². The zero-order valence-corrected chi connectivity index (χ0v) is 8.04. The van der Waals surface area contributed by atoms with E-state index < -0.39 is 0 Å². The first-order valence-corrected chi connectivity index (χ1v) is 4.23. The Labute approximate surface area is 83.1 Å². The van der Waals surface area contributed by atoms with Crippen LogP contribution in [0.5, 0.6) is 0 Å². The Kier molecular flexibility index (Phi) is 3.63. The molecule has 0 aliphatic heterocycles. The molecule has 0 aliphatic carbocycles. The van der Waals surface area contributed by atoms with Gasteiger partial charge in [0, 0.05) is 7.05 Å². The highest BCUT2D eigenvalue weighted by Gasteiger charge is 1.98. The molecule has 0 unspecified atom stereocenters. The van der Waals surface area contributed by atoms with Crippen molar-refractivity contribution < 1.29 is 0 Å². The van der Waals surface area contributed by atoms with Gasteiger partial charge in [-0.05, 0) is 12.1 Å². The van der Waals surface area contributed by atoms with Crippen LogP contribution in [-0.2, 0) is 0 Å². The van der Waals surface area contributed by atoms with Crippen LogP contribution in [0.1, 0.15) is 0 Å². The largest absolute Gasteiger partial charge is 0.386 e. The van der Waals surface area contributed by atoms with Gasteiger partial charge >= 0.3 is 0 Å². The van der Waals surface area contributed by atoms with Gasteiger partial charge in [-0.15, -0.1) is 0 Å². The zero-order chi connectivity index (χ0) is 10.4. The van der Waals surface area contributed by atoms with Crippen molar-refractivity contribution in [1.82, 2.24) is 5.43 Å². The van der Waals surface area contributed by atoms with Gasteiger partial charge in [-0.2, -0.15) is 0 Å². The van der Waals surface area contributed by atoms with Crippen LogP contribution >= 0.6 is 0 Å². The number of para-hydroxylation sites is 2. The molecule has 1 aromatic rings. The SMILES string of the molecule is CNc1ccccc1N/C(N)=C/NN. The molecule has 0 amide bonds. The molecule has 0 spiro atoms. The Balaban J connectivity index is 2.80. The minimum Gasteiger partial charge on any atom is -0.386 e. The molecule has 14 heavy (non-hydrogen) atoms. The maximum Gasteiger partial charge on any atom is 0.118 e. The van der Waals surface area contributed by atoms with E-state index in [2.05, 4.69) is 16.1 Å². The predicted octanol–water partition coefficient (Wildman–Crippen LogP) is 0.361. The molecule has 5 heteroatoms. The summed E-state index contributed by atoms with van der Waals surface area (Å²) in [5.74, 6) is 5.55. The van der Waals surface area contributed by atoms with E-state index in [9.17, 15) is 0 Å². The van der Waals surface area contributed by atoms with Gasteiger partial charge in [0.25, 0.3) is 0 Å². The van der Waals surface area contributed by atoms with E-state index in [0.29, 0.717) is 5.82 Å². The van der Waals surface area contributed by atoms with Crippen LogP contribution < -0.4 is 27.6 Å². The lowest BCUT2D eigenvalue weighted by Crippen LogP contribution is -2.20. The summed E-state index contributed by atoms with van der Waals surface area (Å²) in [6.45, 7) is 0. The molecule has 0 saturated heterocycles. The first-order chi connectivity index (χ1) is 6.77. The van der Waals surface area contributed by atoms with Gasteiger partial charge in [0.1, 0.15) is 5.82 Å². The predicted molar refractivity (Wildman–Crippen MR) is 59.2 cm³/mol. The fourth-order valence-corrected chi connectivity index (χ4v) is 1.09. The summed E-state index contributed by atoms with van der Waals surface area (Å²) in [4.78, 5) is 0. The third-order valence-corrected chi connectivity index (χ3v) is 1.71. The minimum absolute atomic E-state index is 0.454. The van der Waals surface area contributed by atoms with Crippen molar-refractivity contribution in [3.05, 3.63) is 36.3 Å². The molecule has 0 bridgehead atoms. The Hall–Kier alpha value is -1.88. The minimum atomic E-state index is 0.454. The number of anilines is 2.